The molecular formula is C19H28N4O2. The zero-order valence-electron chi connectivity index (χ0n) is 14.7. The van der Waals surface area contributed by atoms with Crippen LogP contribution >= 0.6 is 0 Å². The van der Waals surface area contributed by atoms with Gasteiger partial charge < -0.3 is 14.8 Å². The van der Waals surface area contributed by atoms with Crippen molar-refractivity contribution in [1.82, 2.24) is 19.4 Å². The van der Waals surface area contributed by atoms with Crippen molar-refractivity contribution in [3.8, 4) is 0 Å². The number of ether oxygens (including phenoxy) is 1. The van der Waals surface area contributed by atoms with Gasteiger partial charge in [-0.2, -0.15) is 0 Å². The summed E-state index contributed by atoms with van der Waals surface area (Å²) in [5.41, 5.74) is 4.38. The van der Waals surface area contributed by atoms with Crippen LogP contribution in [0.5, 0.6) is 0 Å². The van der Waals surface area contributed by atoms with Gasteiger partial charge in [0.15, 0.2) is 11.3 Å². The molecule has 6 nitrogen and oxygen atoms in total. The molecule has 1 saturated carbocycles. The number of nitrogens with one attached hydrogen (secondary N) is 1. The largest absolute Gasteiger partial charge is 0.393 e. The number of hydrogen-bond acceptors (Lipinski definition) is 4. The smallest absolute Gasteiger partial charge is 0.156 e. The van der Waals surface area contributed by atoms with Crippen LogP contribution < -0.4 is 0 Å². The Morgan fingerprint density at radius 2 is 2.04 bits per heavy atom. The lowest BCUT2D eigenvalue weighted by atomic mass is 9.95. The normalized spacial score (nSPS) is 24.6. The average molecular weight is 344 g/mol. The number of aliphatic hydroxyl groups excluding tert-OH is 1. The monoisotopic (exact) mass is 344 g/mol. The maximum absolute atomic E-state index is 8.83. The molecule has 2 aliphatic rings. The van der Waals surface area contributed by atoms with Crippen molar-refractivity contribution < 1.29 is 11.3 Å². The van der Waals surface area contributed by atoms with Crippen molar-refractivity contribution in [2.45, 2.75) is 51.0 Å². The Labute approximate surface area is 148 Å². The number of aliphatic hydroxyl groups is 1. The van der Waals surface area contributed by atoms with E-state index in [1.807, 2.05) is 18.6 Å². The lowest BCUT2D eigenvalue weighted by Gasteiger charge is -2.15. The van der Waals surface area contributed by atoms with Crippen molar-refractivity contribution in [2.24, 2.45) is 5.92 Å². The third kappa shape index (κ3) is 3.28. The predicted molar refractivity (Wildman–Crippen MR) is 98.8 cm³/mol. The van der Waals surface area contributed by atoms with Crippen LogP contribution in [0.4, 0.5) is 0 Å². The number of nitrogens with zero attached hydrogens (tertiary/aromatic N) is 3. The van der Waals surface area contributed by atoms with Crippen molar-refractivity contribution in [2.75, 3.05) is 13.2 Å². The lowest BCUT2D eigenvalue weighted by Crippen LogP contribution is -2.19. The molecule has 1 aliphatic carbocycles. The third-order valence-electron chi connectivity index (χ3n) is 5.50. The highest BCUT2D eigenvalue weighted by Crippen LogP contribution is 2.39. The maximum Gasteiger partial charge on any atom is 0.156 e. The van der Waals surface area contributed by atoms with Crippen LogP contribution in [0.25, 0.3) is 16.8 Å². The van der Waals surface area contributed by atoms with E-state index >= 15 is 0 Å². The first-order valence-electron chi connectivity index (χ1n) is 9.29. The van der Waals surface area contributed by atoms with Gasteiger partial charge in [-0.3, -0.25) is 4.40 Å². The minimum Gasteiger partial charge on any atom is -0.393 e. The molecule has 136 valence electrons. The Bertz CT molecular complexity index is 840. The van der Waals surface area contributed by atoms with Gasteiger partial charge in [0.25, 0.3) is 0 Å². The van der Waals surface area contributed by atoms with Crippen molar-refractivity contribution >= 4 is 16.8 Å². The van der Waals surface area contributed by atoms with Gasteiger partial charge in [-0.05, 0) is 31.2 Å². The molecule has 2 fully saturated rings. The van der Waals surface area contributed by atoms with Crippen LogP contribution in [-0.4, -0.2) is 43.8 Å². The van der Waals surface area contributed by atoms with E-state index in [4.69, 9.17) is 9.84 Å². The van der Waals surface area contributed by atoms with Crippen LogP contribution in [0.3, 0.4) is 0 Å². The fraction of sp³-hybridized carbons (Fsp3) is 0.579. The molecule has 3 aromatic heterocycles. The highest BCUT2D eigenvalue weighted by Gasteiger charge is 2.28. The number of fused-ring (bicyclic) bond motifs is 3. The summed E-state index contributed by atoms with van der Waals surface area (Å²) >= 11 is 0. The lowest BCUT2D eigenvalue weighted by molar-refractivity contribution is 0.0140. The fourth-order valence-electron chi connectivity index (χ4n) is 4.02. The Hall–Kier alpha value is -1.92. The zero-order valence-corrected chi connectivity index (χ0v) is 14.7. The van der Waals surface area contributed by atoms with E-state index in [2.05, 4.69) is 32.3 Å². The molecule has 2 atom stereocenters. The van der Waals surface area contributed by atoms with Gasteiger partial charge in [0, 0.05) is 38.6 Å². The van der Waals surface area contributed by atoms with Gasteiger partial charge in [0.1, 0.15) is 0 Å². The summed E-state index contributed by atoms with van der Waals surface area (Å²) in [4.78, 5) is 12.1. The van der Waals surface area contributed by atoms with E-state index < -0.39 is 0 Å². The average Bonchev–Trinajstić information content (AvgIpc) is 3.33. The number of H-pyrrole nitrogens is 1. The minimum atomic E-state index is -0.0891. The van der Waals surface area contributed by atoms with Crippen LogP contribution in [-0.2, 0) is 4.74 Å². The van der Waals surface area contributed by atoms with Crippen molar-refractivity contribution in [1.29, 1.82) is 0 Å². The molecule has 0 spiro atoms. The first-order chi connectivity index (χ1) is 12.2. The molecule has 5 rings (SSSR count). The van der Waals surface area contributed by atoms with Gasteiger partial charge in [-0.25, -0.2) is 9.97 Å². The van der Waals surface area contributed by atoms with Gasteiger partial charge >= 0.3 is 0 Å². The Morgan fingerprint density at radius 3 is 2.72 bits per heavy atom. The summed E-state index contributed by atoms with van der Waals surface area (Å²) in [7, 11) is 0. The highest BCUT2D eigenvalue weighted by atomic mass is 16.5. The molecular weight excluding hydrogens is 316 g/mol. The van der Waals surface area contributed by atoms with Crippen LogP contribution in [0.2, 0.25) is 0 Å². The Morgan fingerprint density at radius 1 is 1.20 bits per heavy atom. The summed E-state index contributed by atoms with van der Waals surface area (Å²) in [6, 6.07) is 2.08. The van der Waals surface area contributed by atoms with Crippen molar-refractivity contribution in [3.63, 3.8) is 0 Å². The van der Waals surface area contributed by atoms with Crippen LogP contribution in [0.1, 0.15) is 52.1 Å². The molecule has 0 amide bonds. The number of rotatable bonds is 1. The van der Waals surface area contributed by atoms with E-state index in [9.17, 15) is 0 Å². The molecule has 2 N–H and O–H groups in total. The molecule has 25 heavy (non-hydrogen) atoms. The van der Waals surface area contributed by atoms with Crippen LogP contribution in [0, 0.1) is 5.92 Å². The van der Waals surface area contributed by atoms with E-state index in [-0.39, 0.29) is 7.53 Å². The van der Waals surface area contributed by atoms with E-state index in [0.29, 0.717) is 5.92 Å². The summed E-state index contributed by atoms with van der Waals surface area (Å²) in [5.74, 6) is 1.40. The second-order valence-electron chi connectivity index (χ2n) is 7.20. The number of imidazole rings is 1. The Kier molecular flexibility index (Phi) is 4.72. The number of hydrogen-bond donors (Lipinski definition) is 2. The molecule has 0 unspecified atom stereocenters. The summed E-state index contributed by atoms with van der Waals surface area (Å²) in [6.45, 7) is 3.83. The van der Waals surface area contributed by atoms with Crippen molar-refractivity contribution in [3.05, 3.63) is 30.4 Å². The SMILES string of the molecule is C[C@@H]1CCC[C@H]1c1cnc2cnc3[nH]ccc3n12.OC1CCOCC1.[HH]. The molecule has 3 aromatic rings. The van der Waals surface area contributed by atoms with Gasteiger partial charge in [-0.15, -0.1) is 0 Å². The highest BCUT2D eigenvalue weighted by molar-refractivity contribution is 5.74. The number of aromatic amines is 1. The Balaban J connectivity index is 0.000000210. The van der Waals surface area contributed by atoms with Gasteiger partial charge in [-0.1, -0.05) is 19.8 Å². The predicted octanol–water partition coefficient (Wildman–Crippen LogP) is 3.52. The van der Waals surface area contributed by atoms with Crippen LogP contribution in [0.15, 0.2) is 24.7 Å². The zero-order chi connectivity index (χ0) is 17.2. The molecule has 6 heteroatoms. The molecule has 4 heterocycles. The standard InChI is InChI=1S/C14H16N4.C5H10O2.H2/c1-9-3-2-4-10(9)12-7-16-13-8-17-14-11(18(12)13)5-6-15-14;6-5-1-3-7-4-2-5;/h5-10,15H,2-4H2,1H3;5-6H,1-4H2;1H/t9-,10-;;/m1../s1. The first-order valence-corrected chi connectivity index (χ1v) is 9.29. The van der Waals surface area contributed by atoms with E-state index in [1.165, 1.54) is 25.0 Å². The topological polar surface area (TPSA) is 75.4 Å². The first kappa shape index (κ1) is 16.5. The third-order valence-corrected chi connectivity index (χ3v) is 5.50. The quantitative estimate of drug-likeness (QED) is 0.708. The van der Waals surface area contributed by atoms with Gasteiger partial charge in [0.05, 0.1) is 17.8 Å². The molecule has 0 bridgehead atoms. The second kappa shape index (κ2) is 7.14. The maximum atomic E-state index is 8.83. The van der Waals surface area contributed by atoms with E-state index in [1.54, 1.807) is 0 Å². The summed E-state index contributed by atoms with van der Waals surface area (Å²) in [5, 5.41) is 8.83. The van der Waals surface area contributed by atoms with Gasteiger partial charge in [0.2, 0.25) is 0 Å². The fourth-order valence-corrected chi connectivity index (χ4v) is 4.02. The molecule has 0 aromatic carbocycles. The number of aromatic nitrogens is 4. The summed E-state index contributed by atoms with van der Waals surface area (Å²) in [6.07, 6.45) is 11.3. The minimum absolute atomic E-state index is 0. The van der Waals surface area contributed by atoms with E-state index in [0.717, 1.165) is 48.8 Å². The second-order valence-corrected chi connectivity index (χ2v) is 7.20. The molecule has 1 saturated heterocycles. The molecule has 0 radical (unpaired) electrons. The molecule has 1 aliphatic heterocycles. The summed E-state index contributed by atoms with van der Waals surface area (Å²) < 4.78 is 7.25.